The summed E-state index contributed by atoms with van der Waals surface area (Å²) in [5.41, 5.74) is 2.93. The largest absolute Gasteiger partial charge is 0.354 e. The summed E-state index contributed by atoms with van der Waals surface area (Å²) in [6, 6.07) is 12.8. The molecule has 0 heterocycles. The van der Waals surface area contributed by atoms with Gasteiger partial charge in [-0.15, -0.1) is 0 Å². The van der Waals surface area contributed by atoms with Gasteiger partial charge in [0.05, 0.1) is 0 Å². The van der Waals surface area contributed by atoms with Crippen LogP contribution in [-0.2, 0) is 22.6 Å². The normalized spacial score (nSPS) is 12.0. The highest BCUT2D eigenvalue weighted by Crippen LogP contribution is 2.27. The molecule has 31 heavy (non-hydrogen) atoms. The van der Waals surface area contributed by atoms with Crippen LogP contribution >= 0.6 is 23.2 Å². The molecular weight excluding hydrogens is 431 g/mol. The molecule has 1 N–H and O–H groups in total. The molecule has 0 radical (unpaired) electrons. The van der Waals surface area contributed by atoms with Gasteiger partial charge in [0.15, 0.2) is 0 Å². The van der Waals surface area contributed by atoms with Crippen molar-refractivity contribution in [2.24, 2.45) is 5.92 Å². The maximum atomic E-state index is 13.3. The molecule has 0 bridgehead atoms. The fraction of sp³-hybridized carbons (Fsp3) is 0.440. The third kappa shape index (κ3) is 7.55. The molecule has 0 spiro atoms. The summed E-state index contributed by atoms with van der Waals surface area (Å²) in [7, 11) is 0. The Labute approximate surface area is 195 Å². The molecule has 0 aliphatic heterocycles. The average Bonchev–Trinajstić information content (AvgIpc) is 2.73. The molecule has 0 aliphatic rings. The first-order valence-corrected chi connectivity index (χ1v) is 11.5. The van der Waals surface area contributed by atoms with E-state index in [9.17, 15) is 9.59 Å². The Morgan fingerprint density at radius 3 is 2.19 bits per heavy atom. The highest BCUT2D eigenvalue weighted by molar-refractivity contribution is 6.36. The Hall–Kier alpha value is -2.04. The van der Waals surface area contributed by atoms with E-state index in [0.717, 1.165) is 5.56 Å². The smallest absolute Gasteiger partial charge is 0.242 e. The van der Waals surface area contributed by atoms with Crippen LogP contribution in [0, 0.1) is 12.8 Å². The monoisotopic (exact) mass is 462 g/mol. The van der Waals surface area contributed by atoms with Crippen LogP contribution in [0.15, 0.2) is 42.5 Å². The van der Waals surface area contributed by atoms with Crippen LogP contribution in [0.2, 0.25) is 10.0 Å². The fourth-order valence-corrected chi connectivity index (χ4v) is 3.86. The SMILES string of the molecule is CCC(C(=O)NCC(C)C)N(Cc1c(Cl)cccc1Cl)C(=O)CCc1ccc(C)cc1. The van der Waals surface area contributed by atoms with Gasteiger partial charge in [0.25, 0.3) is 0 Å². The highest BCUT2D eigenvalue weighted by Gasteiger charge is 2.29. The first-order chi connectivity index (χ1) is 14.7. The van der Waals surface area contributed by atoms with Crippen molar-refractivity contribution >= 4 is 35.0 Å². The Bertz CT molecular complexity index is 861. The summed E-state index contributed by atoms with van der Waals surface area (Å²) in [6.07, 6.45) is 1.41. The Morgan fingerprint density at radius 1 is 1.03 bits per heavy atom. The molecule has 2 rings (SSSR count). The number of carbonyl (C=O) groups is 2. The molecule has 168 valence electrons. The number of halogens is 2. The van der Waals surface area contributed by atoms with E-state index < -0.39 is 6.04 Å². The molecule has 0 aromatic heterocycles. The van der Waals surface area contributed by atoms with Crippen molar-refractivity contribution in [2.45, 2.75) is 59.5 Å². The number of nitrogens with one attached hydrogen (secondary N) is 1. The van der Waals surface area contributed by atoms with Gasteiger partial charge in [0, 0.05) is 35.1 Å². The summed E-state index contributed by atoms with van der Waals surface area (Å²) < 4.78 is 0. The van der Waals surface area contributed by atoms with Crippen LogP contribution in [0.25, 0.3) is 0 Å². The summed E-state index contributed by atoms with van der Waals surface area (Å²) in [4.78, 5) is 27.9. The molecule has 2 amide bonds. The van der Waals surface area contributed by atoms with Gasteiger partial charge < -0.3 is 10.2 Å². The quantitative estimate of drug-likeness (QED) is 0.483. The lowest BCUT2D eigenvalue weighted by Crippen LogP contribution is -2.49. The number of benzene rings is 2. The number of aryl methyl sites for hydroxylation is 2. The number of nitrogens with zero attached hydrogens (tertiary/aromatic N) is 1. The Kier molecular flexibility index (Phi) is 9.86. The average molecular weight is 463 g/mol. The predicted molar refractivity (Wildman–Crippen MR) is 128 cm³/mol. The number of rotatable bonds is 10. The van der Waals surface area contributed by atoms with E-state index in [1.165, 1.54) is 5.56 Å². The van der Waals surface area contributed by atoms with E-state index in [1.54, 1.807) is 23.1 Å². The molecule has 2 aromatic carbocycles. The first-order valence-electron chi connectivity index (χ1n) is 10.8. The van der Waals surface area contributed by atoms with Crippen LogP contribution in [0.5, 0.6) is 0 Å². The fourth-order valence-electron chi connectivity index (χ4n) is 3.35. The van der Waals surface area contributed by atoms with Crippen molar-refractivity contribution in [1.29, 1.82) is 0 Å². The van der Waals surface area contributed by atoms with Gasteiger partial charge in [-0.3, -0.25) is 9.59 Å². The van der Waals surface area contributed by atoms with Crippen LogP contribution in [0.1, 0.15) is 50.3 Å². The molecule has 0 aliphatic carbocycles. The summed E-state index contributed by atoms with van der Waals surface area (Å²) >= 11 is 12.7. The van der Waals surface area contributed by atoms with Crippen LogP contribution < -0.4 is 5.32 Å². The van der Waals surface area contributed by atoms with Crippen LogP contribution in [0.3, 0.4) is 0 Å². The van der Waals surface area contributed by atoms with Crippen molar-refractivity contribution in [3.05, 3.63) is 69.2 Å². The molecule has 4 nitrogen and oxygen atoms in total. The van der Waals surface area contributed by atoms with E-state index >= 15 is 0 Å². The summed E-state index contributed by atoms with van der Waals surface area (Å²) in [6.45, 7) is 8.77. The van der Waals surface area contributed by atoms with Crippen LogP contribution in [0.4, 0.5) is 0 Å². The lowest BCUT2D eigenvalue weighted by atomic mass is 10.0. The van der Waals surface area contributed by atoms with Gasteiger partial charge in [-0.2, -0.15) is 0 Å². The van der Waals surface area contributed by atoms with Gasteiger partial charge >= 0.3 is 0 Å². The third-order valence-electron chi connectivity index (χ3n) is 5.21. The lowest BCUT2D eigenvalue weighted by Gasteiger charge is -2.31. The molecule has 0 saturated heterocycles. The number of carbonyl (C=O) groups excluding carboxylic acids is 2. The van der Waals surface area contributed by atoms with Crippen molar-refractivity contribution in [2.75, 3.05) is 6.54 Å². The first kappa shape index (κ1) is 25.2. The predicted octanol–water partition coefficient (Wildman–Crippen LogP) is 5.81. The van der Waals surface area contributed by atoms with Gasteiger partial charge in [-0.1, -0.05) is 79.9 Å². The zero-order chi connectivity index (χ0) is 23.0. The molecule has 2 aromatic rings. The molecular formula is C25H32Cl2N2O2. The number of hydrogen-bond acceptors (Lipinski definition) is 2. The van der Waals surface area contributed by atoms with E-state index in [-0.39, 0.29) is 18.4 Å². The maximum absolute atomic E-state index is 13.3. The number of hydrogen-bond donors (Lipinski definition) is 1. The molecule has 6 heteroatoms. The minimum absolute atomic E-state index is 0.0943. The van der Waals surface area contributed by atoms with Crippen molar-refractivity contribution in [1.82, 2.24) is 10.2 Å². The molecule has 1 unspecified atom stereocenters. The summed E-state index contributed by atoms with van der Waals surface area (Å²) in [5.74, 6) is 0.0799. The van der Waals surface area contributed by atoms with Crippen molar-refractivity contribution in [3.63, 3.8) is 0 Å². The van der Waals surface area contributed by atoms with Gasteiger partial charge in [-0.25, -0.2) is 0 Å². The molecule has 0 fully saturated rings. The third-order valence-corrected chi connectivity index (χ3v) is 5.92. The lowest BCUT2D eigenvalue weighted by molar-refractivity contribution is -0.141. The zero-order valence-electron chi connectivity index (χ0n) is 18.8. The molecule has 0 saturated carbocycles. The standard InChI is InChI=1S/C25H32Cl2N2O2/c1-5-23(25(31)28-15-17(2)3)29(16-20-21(26)7-6-8-22(20)27)24(30)14-13-19-11-9-18(4)10-12-19/h6-12,17,23H,5,13-16H2,1-4H3,(H,28,31). The minimum Gasteiger partial charge on any atom is -0.354 e. The maximum Gasteiger partial charge on any atom is 0.242 e. The zero-order valence-corrected chi connectivity index (χ0v) is 20.3. The highest BCUT2D eigenvalue weighted by atomic mass is 35.5. The van der Waals surface area contributed by atoms with E-state index in [0.29, 0.717) is 47.3 Å². The van der Waals surface area contributed by atoms with E-state index in [2.05, 4.69) is 5.32 Å². The van der Waals surface area contributed by atoms with Gasteiger partial charge in [0.1, 0.15) is 6.04 Å². The molecule has 1 atom stereocenters. The second-order valence-electron chi connectivity index (χ2n) is 8.27. The topological polar surface area (TPSA) is 49.4 Å². The Balaban J connectivity index is 2.25. The van der Waals surface area contributed by atoms with Crippen molar-refractivity contribution < 1.29 is 9.59 Å². The van der Waals surface area contributed by atoms with Gasteiger partial charge in [0.2, 0.25) is 11.8 Å². The van der Waals surface area contributed by atoms with Crippen molar-refractivity contribution in [3.8, 4) is 0 Å². The summed E-state index contributed by atoms with van der Waals surface area (Å²) in [5, 5.41) is 3.94. The van der Waals surface area contributed by atoms with E-state index in [4.69, 9.17) is 23.2 Å². The minimum atomic E-state index is -0.586. The van der Waals surface area contributed by atoms with Gasteiger partial charge in [-0.05, 0) is 43.4 Å². The Morgan fingerprint density at radius 2 is 1.65 bits per heavy atom. The second-order valence-corrected chi connectivity index (χ2v) is 9.08. The number of amides is 2. The second kappa shape index (κ2) is 12.1. The van der Waals surface area contributed by atoms with Crippen LogP contribution in [-0.4, -0.2) is 29.3 Å². The van der Waals surface area contributed by atoms with E-state index in [1.807, 2.05) is 52.0 Å².